The largest absolute Gasteiger partial charge is 0.493 e. The molecule has 2 aliphatic rings. The van der Waals surface area contributed by atoms with Crippen molar-refractivity contribution in [3.8, 4) is 23.0 Å². The molecular weight excluding hydrogens is 425 g/mol. The zero-order chi connectivity index (χ0) is 22.6. The Labute approximate surface area is 191 Å². The van der Waals surface area contributed by atoms with Crippen LogP contribution in [0.5, 0.6) is 23.0 Å². The number of hydrogen-bond donors (Lipinski definition) is 0. The van der Waals surface area contributed by atoms with E-state index >= 15 is 0 Å². The molecule has 2 aliphatic heterocycles. The lowest BCUT2D eigenvalue weighted by molar-refractivity contribution is 0.0982. The van der Waals surface area contributed by atoms with Crippen molar-refractivity contribution in [2.45, 2.75) is 12.3 Å². The quantitative estimate of drug-likeness (QED) is 0.533. The van der Waals surface area contributed by atoms with Crippen LogP contribution in [-0.4, -0.2) is 37.5 Å². The Morgan fingerprint density at radius 3 is 2.58 bits per heavy atom. The number of benzene rings is 3. The Morgan fingerprint density at radius 2 is 1.76 bits per heavy atom. The number of carbonyl (C=O) groups excluding carboxylic acids is 1. The predicted octanol–water partition coefficient (Wildman–Crippen LogP) is 5.24. The van der Waals surface area contributed by atoms with Crippen molar-refractivity contribution in [1.82, 2.24) is 4.90 Å². The topological polar surface area (TPSA) is 57.2 Å². The second-order valence-corrected chi connectivity index (χ2v) is 8.16. The molecule has 0 aromatic heterocycles. The number of nitrogens with zero attached hydrogens (tertiary/aromatic N) is 1. The number of fused-ring (bicyclic) bond motifs is 1. The summed E-state index contributed by atoms with van der Waals surface area (Å²) in [6.07, 6.45) is 0.344. The number of carbonyl (C=O) groups is 1. The van der Waals surface area contributed by atoms with Crippen molar-refractivity contribution < 1.29 is 28.1 Å². The fourth-order valence-electron chi connectivity index (χ4n) is 4.34. The fourth-order valence-corrected chi connectivity index (χ4v) is 4.34. The minimum Gasteiger partial charge on any atom is -0.493 e. The summed E-state index contributed by atoms with van der Waals surface area (Å²) in [5.74, 6) is 2.38. The highest BCUT2D eigenvalue weighted by Gasteiger charge is 2.34. The van der Waals surface area contributed by atoms with Crippen molar-refractivity contribution >= 4 is 6.09 Å². The van der Waals surface area contributed by atoms with Gasteiger partial charge in [0.15, 0.2) is 11.5 Å². The highest BCUT2D eigenvalue weighted by Crippen LogP contribution is 2.37. The predicted molar refractivity (Wildman–Crippen MR) is 119 cm³/mol. The van der Waals surface area contributed by atoms with Crippen LogP contribution in [0.25, 0.3) is 0 Å². The van der Waals surface area contributed by atoms with Crippen LogP contribution in [0.2, 0.25) is 0 Å². The summed E-state index contributed by atoms with van der Waals surface area (Å²) in [6, 6.07) is 21.1. The standard InChI is InChI=1S/C26H24FNO5/c27-20-8-6-18(7-9-20)23-12-13-28(26(29)33-21-4-2-1-3-5-21)15-19(23)16-30-22-10-11-24-25(14-22)32-17-31-24/h1-11,14,19,23H,12-13,15-17H2/t19-,23-/m0/s1. The molecule has 1 fully saturated rings. The van der Waals surface area contributed by atoms with Crippen LogP contribution in [-0.2, 0) is 0 Å². The molecular formula is C26H24FNO5. The van der Waals surface area contributed by atoms with Crippen molar-refractivity contribution in [3.63, 3.8) is 0 Å². The molecule has 0 unspecified atom stereocenters. The Hall–Kier alpha value is -3.74. The molecule has 0 radical (unpaired) electrons. The van der Waals surface area contributed by atoms with Crippen LogP contribution in [0, 0.1) is 11.7 Å². The molecule has 170 valence electrons. The average Bonchev–Trinajstić information content (AvgIpc) is 3.32. The number of amides is 1. The Morgan fingerprint density at radius 1 is 0.970 bits per heavy atom. The highest BCUT2D eigenvalue weighted by atomic mass is 19.1. The van der Waals surface area contributed by atoms with Gasteiger partial charge in [-0.1, -0.05) is 30.3 Å². The zero-order valence-corrected chi connectivity index (χ0v) is 18.0. The van der Waals surface area contributed by atoms with Gasteiger partial charge in [-0.25, -0.2) is 9.18 Å². The molecule has 33 heavy (non-hydrogen) atoms. The third-order valence-corrected chi connectivity index (χ3v) is 6.05. The first-order chi connectivity index (χ1) is 16.2. The second-order valence-electron chi connectivity index (χ2n) is 8.16. The molecule has 0 bridgehead atoms. The van der Waals surface area contributed by atoms with Gasteiger partial charge in [-0.2, -0.15) is 0 Å². The number of piperidine rings is 1. The number of ether oxygens (including phenoxy) is 4. The van der Waals surface area contributed by atoms with Gasteiger partial charge in [-0.3, -0.25) is 0 Å². The van der Waals surface area contributed by atoms with E-state index in [2.05, 4.69) is 0 Å². The molecule has 0 aliphatic carbocycles. The first-order valence-corrected chi connectivity index (χ1v) is 11.0. The third-order valence-electron chi connectivity index (χ3n) is 6.05. The van der Waals surface area contributed by atoms with E-state index in [0.29, 0.717) is 42.7 Å². The molecule has 1 saturated heterocycles. The van der Waals surface area contributed by atoms with Gasteiger partial charge >= 0.3 is 6.09 Å². The van der Waals surface area contributed by atoms with Crippen molar-refractivity contribution in [1.29, 1.82) is 0 Å². The number of halogens is 1. The van der Waals surface area contributed by atoms with E-state index in [1.165, 1.54) is 12.1 Å². The maximum atomic E-state index is 13.5. The van der Waals surface area contributed by atoms with E-state index in [9.17, 15) is 9.18 Å². The molecule has 2 heterocycles. The molecule has 7 heteroatoms. The van der Waals surface area contributed by atoms with Crippen LogP contribution in [0.4, 0.5) is 9.18 Å². The van der Waals surface area contributed by atoms with Gasteiger partial charge in [0.05, 0.1) is 6.61 Å². The number of rotatable bonds is 5. The summed E-state index contributed by atoms with van der Waals surface area (Å²) in [6.45, 7) is 1.61. The molecule has 3 aromatic carbocycles. The lowest BCUT2D eigenvalue weighted by atomic mass is 9.81. The normalized spacial score (nSPS) is 19.2. The Kier molecular flexibility index (Phi) is 6.02. The van der Waals surface area contributed by atoms with E-state index in [0.717, 1.165) is 12.0 Å². The Bertz CT molecular complexity index is 1110. The van der Waals surface area contributed by atoms with Gasteiger partial charge in [-0.15, -0.1) is 0 Å². The summed E-state index contributed by atoms with van der Waals surface area (Å²) in [7, 11) is 0. The zero-order valence-electron chi connectivity index (χ0n) is 18.0. The minimum absolute atomic E-state index is 0.00189. The fraction of sp³-hybridized carbons (Fsp3) is 0.269. The molecule has 0 saturated carbocycles. The molecule has 2 atom stereocenters. The summed E-state index contributed by atoms with van der Waals surface area (Å²) >= 11 is 0. The molecule has 1 amide bonds. The highest BCUT2D eigenvalue weighted by molar-refractivity contribution is 5.70. The van der Waals surface area contributed by atoms with Crippen LogP contribution in [0.1, 0.15) is 17.9 Å². The smallest absolute Gasteiger partial charge is 0.415 e. The molecule has 5 rings (SSSR count). The molecule has 0 spiro atoms. The van der Waals surface area contributed by atoms with E-state index < -0.39 is 0 Å². The summed E-state index contributed by atoms with van der Waals surface area (Å²) in [4.78, 5) is 14.5. The molecule has 6 nitrogen and oxygen atoms in total. The van der Waals surface area contributed by atoms with E-state index in [4.69, 9.17) is 18.9 Å². The van der Waals surface area contributed by atoms with Gasteiger partial charge in [0.25, 0.3) is 0 Å². The van der Waals surface area contributed by atoms with Crippen LogP contribution < -0.4 is 18.9 Å². The van der Waals surface area contributed by atoms with Crippen molar-refractivity contribution in [3.05, 3.63) is 84.2 Å². The van der Waals surface area contributed by atoms with Gasteiger partial charge in [-0.05, 0) is 54.3 Å². The maximum Gasteiger partial charge on any atom is 0.415 e. The molecule has 0 N–H and O–H groups in total. The monoisotopic (exact) mass is 449 g/mol. The van der Waals surface area contributed by atoms with Crippen molar-refractivity contribution in [2.75, 3.05) is 26.5 Å². The van der Waals surface area contributed by atoms with E-state index in [1.54, 1.807) is 23.1 Å². The lowest BCUT2D eigenvalue weighted by Gasteiger charge is -2.38. The van der Waals surface area contributed by atoms with Gasteiger partial charge in [0.1, 0.15) is 17.3 Å². The van der Waals surface area contributed by atoms with E-state index in [-0.39, 0.29) is 30.5 Å². The summed E-state index contributed by atoms with van der Waals surface area (Å²) in [5.41, 5.74) is 1.03. The van der Waals surface area contributed by atoms with Gasteiger partial charge < -0.3 is 23.8 Å². The van der Waals surface area contributed by atoms with Crippen LogP contribution in [0.3, 0.4) is 0 Å². The van der Waals surface area contributed by atoms with Gasteiger partial charge in [0, 0.05) is 25.1 Å². The van der Waals surface area contributed by atoms with Crippen LogP contribution >= 0.6 is 0 Å². The van der Waals surface area contributed by atoms with Crippen LogP contribution in [0.15, 0.2) is 72.8 Å². The van der Waals surface area contributed by atoms with E-state index in [1.807, 2.05) is 42.5 Å². The maximum absolute atomic E-state index is 13.5. The minimum atomic E-state index is -0.383. The SMILES string of the molecule is O=C(Oc1ccccc1)N1CC[C@@H](c2ccc(F)cc2)[C@H](COc2ccc3c(c2)OCO3)C1. The Balaban J connectivity index is 1.31. The summed E-state index contributed by atoms with van der Waals surface area (Å²) < 4.78 is 35.9. The van der Waals surface area contributed by atoms with Crippen molar-refractivity contribution in [2.24, 2.45) is 5.92 Å². The second kappa shape index (κ2) is 9.40. The third kappa shape index (κ3) is 4.87. The number of hydrogen-bond acceptors (Lipinski definition) is 5. The van der Waals surface area contributed by atoms with Gasteiger partial charge in [0.2, 0.25) is 6.79 Å². The first-order valence-electron chi connectivity index (χ1n) is 11.0. The summed E-state index contributed by atoms with van der Waals surface area (Å²) in [5, 5.41) is 0. The lowest BCUT2D eigenvalue weighted by Crippen LogP contribution is -2.46. The molecule has 3 aromatic rings. The first kappa shape index (κ1) is 21.1. The number of para-hydroxylation sites is 1. The average molecular weight is 449 g/mol. The number of likely N-dealkylation sites (tertiary alicyclic amines) is 1.